The number of methoxy groups -OCH3 is 2. The van der Waals surface area contributed by atoms with E-state index in [0.29, 0.717) is 16.9 Å². The molecular weight excluding hydrogens is 182 g/mol. The maximum Gasteiger partial charge on any atom is 0.320 e. The van der Waals surface area contributed by atoms with E-state index in [1.54, 1.807) is 12.3 Å². The van der Waals surface area contributed by atoms with E-state index >= 15 is 0 Å². The topological polar surface area (TPSA) is 57.1 Å². The molecular formula is C9H9N3O2. The smallest absolute Gasteiger partial charge is 0.320 e. The Morgan fingerprint density at radius 1 is 1.14 bits per heavy atom. The summed E-state index contributed by atoms with van der Waals surface area (Å²) in [6, 6.07) is 3.91. The van der Waals surface area contributed by atoms with Crippen LogP contribution in [0.1, 0.15) is 0 Å². The number of ether oxygens (including phenoxy) is 2. The number of aromatic nitrogens is 3. The molecule has 2 aromatic rings. The summed E-state index contributed by atoms with van der Waals surface area (Å²) in [6.07, 6.45) is 1.67. The second kappa shape index (κ2) is 3.45. The first-order chi connectivity index (χ1) is 6.85. The van der Waals surface area contributed by atoms with Crippen molar-refractivity contribution in [2.75, 3.05) is 14.2 Å². The fourth-order valence-corrected chi connectivity index (χ4v) is 1.15. The molecule has 0 aliphatic carbocycles. The van der Waals surface area contributed by atoms with Crippen LogP contribution in [0.3, 0.4) is 0 Å². The number of nitrogens with zero attached hydrogens (tertiary/aromatic N) is 3. The zero-order valence-corrected chi connectivity index (χ0v) is 7.89. The largest absolute Gasteiger partial charge is 0.479 e. The summed E-state index contributed by atoms with van der Waals surface area (Å²) in [5.74, 6) is 0.424. The van der Waals surface area contributed by atoms with Crippen molar-refractivity contribution in [2.45, 2.75) is 0 Å². The Labute approximate surface area is 80.7 Å². The molecule has 0 saturated heterocycles. The molecule has 2 aromatic heterocycles. The maximum atomic E-state index is 5.08. The van der Waals surface area contributed by atoms with Crippen LogP contribution in [0.5, 0.6) is 11.9 Å². The molecule has 0 N–H and O–H groups in total. The van der Waals surface area contributed by atoms with Gasteiger partial charge in [-0.1, -0.05) is 0 Å². The van der Waals surface area contributed by atoms with Gasteiger partial charge in [0, 0.05) is 6.20 Å². The van der Waals surface area contributed by atoms with Gasteiger partial charge in [0.25, 0.3) is 0 Å². The molecule has 0 unspecified atom stereocenters. The molecule has 0 aromatic carbocycles. The first kappa shape index (κ1) is 8.68. The van der Waals surface area contributed by atoms with Gasteiger partial charge in [0.15, 0.2) is 5.52 Å². The van der Waals surface area contributed by atoms with Crippen molar-refractivity contribution in [1.82, 2.24) is 15.0 Å². The van der Waals surface area contributed by atoms with Crippen molar-refractivity contribution in [3.8, 4) is 11.9 Å². The van der Waals surface area contributed by atoms with Crippen molar-refractivity contribution in [3.05, 3.63) is 18.3 Å². The van der Waals surface area contributed by atoms with E-state index in [9.17, 15) is 0 Å². The number of fused-ring (bicyclic) bond motifs is 1. The zero-order valence-electron chi connectivity index (χ0n) is 7.89. The number of rotatable bonds is 2. The number of pyridine rings is 1. The molecule has 0 fully saturated rings. The number of hydrogen-bond acceptors (Lipinski definition) is 5. The highest BCUT2D eigenvalue weighted by atomic mass is 16.5. The van der Waals surface area contributed by atoms with E-state index in [2.05, 4.69) is 15.0 Å². The van der Waals surface area contributed by atoms with E-state index in [-0.39, 0.29) is 6.01 Å². The van der Waals surface area contributed by atoms with E-state index in [1.807, 2.05) is 6.07 Å². The van der Waals surface area contributed by atoms with Crippen LogP contribution in [0, 0.1) is 0 Å². The monoisotopic (exact) mass is 191 g/mol. The minimum absolute atomic E-state index is 0.280. The van der Waals surface area contributed by atoms with Gasteiger partial charge in [-0.15, -0.1) is 0 Å². The van der Waals surface area contributed by atoms with Gasteiger partial charge in [0.2, 0.25) is 5.88 Å². The fourth-order valence-electron chi connectivity index (χ4n) is 1.15. The first-order valence-corrected chi connectivity index (χ1v) is 4.06. The summed E-state index contributed by atoms with van der Waals surface area (Å²) in [6.45, 7) is 0. The van der Waals surface area contributed by atoms with E-state index in [1.165, 1.54) is 14.2 Å². The Morgan fingerprint density at radius 2 is 2.00 bits per heavy atom. The van der Waals surface area contributed by atoms with Crippen molar-refractivity contribution in [2.24, 2.45) is 0 Å². The summed E-state index contributed by atoms with van der Waals surface area (Å²) >= 11 is 0. The molecule has 5 nitrogen and oxygen atoms in total. The Balaban J connectivity index is 2.73. The van der Waals surface area contributed by atoms with Crippen LogP contribution in [0.2, 0.25) is 0 Å². The van der Waals surface area contributed by atoms with Gasteiger partial charge >= 0.3 is 6.01 Å². The summed E-state index contributed by atoms with van der Waals surface area (Å²) in [7, 11) is 3.05. The Morgan fingerprint density at radius 3 is 2.71 bits per heavy atom. The molecule has 0 spiro atoms. The molecule has 72 valence electrons. The van der Waals surface area contributed by atoms with Crippen LogP contribution in [0.4, 0.5) is 0 Å². The predicted molar refractivity (Wildman–Crippen MR) is 50.4 cm³/mol. The summed E-state index contributed by atoms with van der Waals surface area (Å²) in [5, 5.41) is 0. The minimum atomic E-state index is 0.280. The van der Waals surface area contributed by atoms with Gasteiger partial charge in [-0.25, -0.2) is 4.98 Å². The molecule has 0 amide bonds. The van der Waals surface area contributed by atoms with Crippen LogP contribution in [0.25, 0.3) is 11.0 Å². The lowest BCUT2D eigenvalue weighted by Crippen LogP contribution is -1.97. The Hall–Kier alpha value is -1.91. The van der Waals surface area contributed by atoms with Gasteiger partial charge < -0.3 is 9.47 Å². The molecule has 0 radical (unpaired) electrons. The van der Waals surface area contributed by atoms with Crippen molar-refractivity contribution in [1.29, 1.82) is 0 Å². The molecule has 0 aliphatic heterocycles. The van der Waals surface area contributed by atoms with E-state index in [0.717, 1.165) is 0 Å². The second-order valence-electron chi connectivity index (χ2n) is 2.59. The predicted octanol–water partition coefficient (Wildman–Crippen LogP) is 1.04. The molecule has 2 heterocycles. The average Bonchev–Trinajstić information content (AvgIpc) is 2.27. The number of hydrogen-bond donors (Lipinski definition) is 0. The lowest BCUT2D eigenvalue weighted by atomic mass is 10.3. The Bertz CT molecular complexity index is 459. The van der Waals surface area contributed by atoms with Crippen molar-refractivity contribution >= 4 is 11.0 Å². The second-order valence-corrected chi connectivity index (χ2v) is 2.59. The average molecular weight is 191 g/mol. The quantitative estimate of drug-likeness (QED) is 0.709. The molecule has 14 heavy (non-hydrogen) atoms. The molecule has 0 atom stereocenters. The Kier molecular flexibility index (Phi) is 2.14. The van der Waals surface area contributed by atoms with Gasteiger partial charge in [0.1, 0.15) is 0 Å². The first-order valence-electron chi connectivity index (χ1n) is 4.06. The maximum absolute atomic E-state index is 5.08. The van der Waals surface area contributed by atoms with Gasteiger partial charge in [-0.05, 0) is 12.1 Å². The zero-order chi connectivity index (χ0) is 9.97. The molecule has 0 bridgehead atoms. The fraction of sp³-hybridized carbons (Fsp3) is 0.222. The lowest BCUT2D eigenvalue weighted by Gasteiger charge is -2.04. The third kappa shape index (κ3) is 1.32. The van der Waals surface area contributed by atoms with E-state index in [4.69, 9.17) is 9.47 Å². The molecule has 0 aliphatic rings. The molecule has 0 saturated carbocycles. The SMILES string of the molecule is COc1nc(OC)c2ncccc2n1. The summed E-state index contributed by atoms with van der Waals surface area (Å²) in [4.78, 5) is 12.3. The summed E-state index contributed by atoms with van der Waals surface area (Å²) < 4.78 is 10.0. The van der Waals surface area contributed by atoms with Crippen LogP contribution >= 0.6 is 0 Å². The lowest BCUT2D eigenvalue weighted by molar-refractivity contribution is 0.356. The highest BCUT2D eigenvalue weighted by Gasteiger charge is 2.08. The summed E-state index contributed by atoms with van der Waals surface area (Å²) in [5.41, 5.74) is 1.34. The van der Waals surface area contributed by atoms with Crippen LogP contribution in [-0.2, 0) is 0 Å². The van der Waals surface area contributed by atoms with Crippen LogP contribution < -0.4 is 9.47 Å². The van der Waals surface area contributed by atoms with Crippen LogP contribution in [0.15, 0.2) is 18.3 Å². The van der Waals surface area contributed by atoms with Gasteiger partial charge in [0.05, 0.1) is 19.7 Å². The third-order valence-corrected chi connectivity index (χ3v) is 1.78. The molecule has 2 rings (SSSR count). The standard InChI is InChI=1S/C9H9N3O2/c1-13-8-7-6(4-3-5-10-7)11-9(12-8)14-2/h3-5H,1-2H3. The third-order valence-electron chi connectivity index (χ3n) is 1.78. The minimum Gasteiger partial charge on any atom is -0.479 e. The van der Waals surface area contributed by atoms with E-state index < -0.39 is 0 Å². The van der Waals surface area contributed by atoms with Gasteiger partial charge in [-0.2, -0.15) is 9.97 Å². The molecule has 5 heteroatoms. The van der Waals surface area contributed by atoms with Crippen molar-refractivity contribution < 1.29 is 9.47 Å². The van der Waals surface area contributed by atoms with Crippen molar-refractivity contribution in [3.63, 3.8) is 0 Å². The van der Waals surface area contributed by atoms with Crippen LogP contribution in [-0.4, -0.2) is 29.2 Å². The normalized spacial score (nSPS) is 10.1. The highest BCUT2D eigenvalue weighted by molar-refractivity contribution is 5.78. The van der Waals surface area contributed by atoms with Gasteiger partial charge in [-0.3, -0.25) is 0 Å². The highest BCUT2D eigenvalue weighted by Crippen LogP contribution is 2.21.